The van der Waals surface area contributed by atoms with Gasteiger partial charge in [0.15, 0.2) is 10.2 Å². The molecule has 0 unspecified atom stereocenters. The van der Waals surface area contributed by atoms with Gasteiger partial charge in [-0.25, -0.2) is 0 Å². The van der Waals surface area contributed by atoms with Gasteiger partial charge in [0.25, 0.3) is 0 Å². The zero-order valence-corrected chi connectivity index (χ0v) is 12.3. The van der Waals surface area contributed by atoms with Crippen LogP contribution < -0.4 is 21.9 Å². The molecule has 0 aromatic heterocycles. The van der Waals surface area contributed by atoms with Gasteiger partial charge in [0.1, 0.15) is 0 Å². The molecule has 0 aromatic carbocycles. The van der Waals surface area contributed by atoms with Gasteiger partial charge in [-0.3, -0.25) is 10.9 Å². The molecule has 0 aliphatic carbocycles. The van der Waals surface area contributed by atoms with E-state index in [2.05, 4.69) is 45.5 Å². The predicted octanol–water partition coefficient (Wildman–Crippen LogP) is 0.836. The highest BCUT2D eigenvalue weighted by atomic mass is 32.1. The second-order valence-electron chi connectivity index (χ2n) is 3.56. The summed E-state index contributed by atoms with van der Waals surface area (Å²) in [7, 11) is 0. The molecule has 0 bridgehead atoms. The Morgan fingerprint density at radius 3 is 2.61 bits per heavy atom. The zero-order chi connectivity index (χ0) is 13.8. The van der Waals surface area contributed by atoms with E-state index in [1.807, 2.05) is 0 Å². The number of hydrazone groups is 2. The van der Waals surface area contributed by atoms with Crippen molar-refractivity contribution < 1.29 is 0 Å². The van der Waals surface area contributed by atoms with E-state index in [0.29, 0.717) is 10.8 Å². The van der Waals surface area contributed by atoms with Crippen LogP contribution in [-0.2, 0) is 0 Å². The minimum atomic E-state index is 0.115. The first-order chi connectivity index (χ1) is 8.56. The van der Waals surface area contributed by atoms with Gasteiger partial charge in [-0.05, 0) is 37.8 Å². The summed E-state index contributed by atoms with van der Waals surface area (Å²) in [6, 6.07) is 0. The van der Waals surface area contributed by atoms with Crippen molar-refractivity contribution in [3.05, 3.63) is 0 Å². The average Bonchev–Trinajstić information content (AvgIpc) is 2.32. The molecule has 0 atom stereocenters. The topological polar surface area (TPSA) is 86.8 Å². The Morgan fingerprint density at radius 1 is 1.28 bits per heavy atom. The first-order valence-corrected chi connectivity index (χ1v) is 6.54. The third-order valence-electron chi connectivity index (χ3n) is 1.83. The van der Waals surface area contributed by atoms with Crippen molar-refractivity contribution in [1.29, 1.82) is 0 Å². The van der Waals surface area contributed by atoms with Crippen LogP contribution >= 0.6 is 24.4 Å². The van der Waals surface area contributed by atoms with E-state index >= 15 is 0 Å². The van der Waals surface area contributed by atoms with Crippen LogP contribution in [0.1, 0.15) is 33.1 Å². The van der Waals surface area contributed by atoms with E-state index in [4.69, 9.17) is 18.0 Å². The van der Waals surface area contributed by atoms with Crippen LogP contribution in [0.15, 0.2) is 10.2 Å². The third kappa shape index (κ3) is 11.2. The number of unbranched alkanes of at least 4 members (excludes halogenated alkanes) is 2. The summed E-state index contributed by atoms with van der Waals surface area (Å²) in [5, 5.41) is 11.4. The van der Waals surface area contributed by atoms with Crippen molar-refractivity contribution in [3.8, 4) is 0 Å². The van der Waals surface area contributed by atoms with Crippen LogP contribution in [0.2, 0.25) is 0 Å². The molecule has 0 heterocycles. The van der Waals surface area contributed by atoms with E-state index in [-0.39, 0.29) is 5.11 Å². The Morgan fingerprint density at radius 2 is 2.00 bits per heavy atom. The molecule has 5 N–H and O–H groups in total. The Balaban J connectivity index is 3.76. The number of rotatable bonds is 7. The van der Waals surface area contributed by atoms with E-state index in [1.54, 1.807) is 6.92 Å². The van der Waals surface area contributed by atoms with Crippen molar-refractivity contribution in [3.63, 3.8) is 0 Å². The summed E-state index contributed by atoms with van der Waals surface area (Å²) >= 11 is 9.64. The van der Waals surface area contributed by atoms with Crippen molar-refractivity contribution in [2.24, 2.45) is 15.9 Å². The Hall–Kier alpha value is -1.28. The maximum atomic E-state index is 5.22. The van der Waals surface area contributed by atoms with Gasteiger partial charge < -0.3 is 11.1 Å². The molecule has 0 aliphatic heterocycles. The summed E-state index contributed by atoms with van der Waals surface area (Å²) < 4.78 is 0. The Labute approximate surface area is 118 Å². The Kier molecular flexibility index (Phi) is 10.1. The molecule has 0 radical (unpaired) electrons. The number of nitrogens with one attached hydrogen (secondary N) is 3. The summed E-state index contributed by atoms with van der Waals surface area (Å²) in [5.41, 5.74) is 11.0. The fourth-order valence-corrected chi connectivity index (χ4v) is 1.17. The van der Waals surface area contributed by atoms with E-state index in [9.17, 15) is 0 Å². The summed E-state index contributed by atoms with van der Waals surface area (Å²) in [6.45, 7) is 4.77. The third-order valence-corrected chi connectivity index (χ3v) is 2.15. The van der Waals surface area contributed by atoms with Crippen molar-refractivity contribution in [1.82, 2.24) is 16.2 Å². The summed E-state index contributed by atoms with van der Waals surface area (Å²) in [5.74, 6) is 0. The standard InChI is InChI=1S/C10H20N6S2/c1-3-4-5-6-12-10(18)16-13-7-8(2)14-15-9(11)17/h7H,3-6H2,1-2H3,(H3,11,15,17)(H2,12,16,18). The fourth-order valence-electron chi connectivity index (χ4n) is 0.973. The van der Waals surface area contributed by atoms with Gasteiger partial charge >= 0.3 is 0 Å². The molecular formula is C10H20N6S2. The number of hydrogen-bond acceptors (Lipinski definition) is 4. The van der Waals surface area contributed by atoms with Gasteiger partial charge in [0.05, 0.1) is 11.9 Å². The summed E-state index contributed by atoms with van der Waals surface area (Å²) in [4.78, 5) is 0. The highest BCUT2D eigenvalue weighted by molar-refractivity contribution is 7.80. The Bertz CT molecular complexity index is 326. The van der Waals surface area contributed by atoms with Gasteiger partial charge in [0, 0.05) is 6.54 Å². The molecule has 0 saturated heterocycles. The highest BCUT2D eigenvalue weighted by Gasteiger charge is 1.92. The average molecular weight is 288 g/mol. The molecule has 0 aliphatic rings. The number of hydrogen-bond donors (Lipinski definition) is 4. The second-order valence-corrected chi connectivity index (χ2v) is 4.41. The quantitative estimate of drug-likeness (QED) is 0.240. The van der Waals surface area contributed by atoms with Crippen LogP contribution in [0.25, 0.3) is 0 Å². The molecule has 8 heteroatoms. The van der Waals surface area contributed by atoms with Crippen LogP contribution in [-0.4, -0.2) is 28.7 Å². The van der Waals surface area contributed by atoms with Crippen LogP contribution in [0.5, 0.6) is 0 Å². The molecule has 0 amide bonds. The van der Waals surface area contributed by atoms with Gasteiger partial charge in [-0.1, -0.05) is 19.8 Å². The molecular weight excluding hydrogens is 268 g/mol. The smallest absolute Gasteiger partial charge is 0.186 e. The van der Waals surface area contributed by atoms with Gasteiger partial charge in [-0.2, -0.15) is 10.2 Å². The fraction of sp³-hybridized carbons (Fsp3) is 0.600. The monoisotopic (exact) mass is 288 g/mol. The second kappa shape index (κ2) is 10.8. The van der Waals surface area contributed by atoms with E-state index in [1.165, 1.54) is 19.1 Å². The lowest BCUT2D eigenvalue weighted by molar-refractivity contribution is 0.691. The number of nitrogens with two attached hydrogens (primary N) is 1. The SMILES string of the molecule is CCCCCNC(=S)NN=CC(C)=NNC(N)=S. The van der Waals surface area contributed by atoms with Crippen molar-refractivity contribution in [2.45, 2.75) is 33.1 Å². The summed E-state index contributed by atoms with van der Waals surface area (Å²) in [6.07, 6.45) is 4.99. The molecule has 102 valence electrons. The molecule has 6 nitrogen and oxygen atoms in total. The normalized spacial score (nSPS) is 11.3. The van der Waals surface area contributed by atoms with Crippen LogP contribution in [0.3, 0.4) is 0 Å². The van der Waals surface area contributed by atoms with E-state index < -0.39 is 0 Å². The zero-order valence-electron chi connectivity index (χ0n) is 10.7. The van der Waals surface area contributed by atoms with Crippen LogP contribution in [0.4, 0.5) is 0 Å². The van der Waals surface area contributed by atoms with Crippen molar-refractivity contribution in [2.75, 3.05) is 6.54 Å². The maximum absolute atomic E-state index is 5.22. The predicted molar refractivity (Wildman–Crippen MR) is 84.8 cm³/mol. The molecule has 0 saturated carbocycles. The number of thiocarbonyl (C=S) groups is 2. The van der Waals surface area contributed by atoms with E-state index in [0.717, 1.165) is 13.0 Å². The molecule has 0 spiro atoms. The largest absolute Gasteiger partial charge is 0.375 e. The van der Waals surface area contributed by atoms with Crippen molar-refractivity contribution >= 4 is 46.6 Å². The van der Waals surface area contributed by atoms with Crippen LogP contribution in [0, 0.1) is 0 Å². The lowest BCUT2D eigenvalue weighted by Gasteiger charge is -2.05. The highest BCUT2D eigenvalue weighted by Crippen LogP contribution is 1.90. The minimum Gasteiger partial charge on any atom is -0.375 e. The molecule has 18 heavy (non-hydrogen) atoms. The first kappa shape index (κ1) is 16.7. The minimum absolute atomic E-state index is 0.115. The first-order valence-electron chi connectivity index (χ1n) is 5.73. The lowest BCUT2D eigenvalue weighted by atomic mass is 10.2. The lowest BCUT2D eigenvalue weighted by Crippen LogP contribution is -2.33. The number of nitrogens with zero attached hydrogens (tertiary/aromatic N) is 2. The maximum Gasteiger partial charge on any atom is 0.186 e. The molecule has 0 aromatic rings. The molecule has 0 fully saturated rings. The van der Waals surface area contributed by atoms with Gasteiger partial charge in [-0.15, -0.1) is 0 Å². The van der Waals surface area contributed by atoms with Gasteiger partial charge in [0.2, 0.25) is 0 Å². The molecule has 0 rings (SSSR count).